The fourth-order valence-corrected chi connectivity index (χ4v) is 0. The summed E-state index contributed by atoms with van der Waals surface area (Å²) in [6.07, 6.45) is 0. The molecule has 8 N–H and O–H groups in total. The number of aliphatic carboxylic acids is 4. The molecule has 0 saturated carbocycles. The van der Waals surface area contributed by atoms with Crippen LogP contribution in [0.4, 0.5) is 0 Å². The van der Waals surface area contributed by atoms with Crippen LogP contribution in [0.2, 0.25) is 0 Å². The fourth-order valence-electron chi connectivity index (χ4n) is 0. The quantitative estimate of drug-likeness (QED) is 0.190. The van der Waals surface area contributed by atoms with E-state index in [1.165, 1.54) is 0 Å². The molecule has 0 heterocycles. The van der Waals surface area contributed by atoms with Gasteiger partial charge in [-0.15, -0.1) is 0 Å². The first-order valence-electron chi connectivity index (χ1n) is 7.15. The molecule has 0 aromatic rings. The van der Waals surface area contributed by atoms with E-state index in [0.717, 1.165) is 0 Å². The van der Waals surface area contributed by atoms with Crippen molar-refractivity contribution >= 4 is 301 Å². The Morgan fingerprint density at radius 3 is 0.242 bits per heavy atom. The maximum atomic E-state index is 9.13. The maximum absolute atomic E-state index is 9.13. The molecule has 15 radical (unpaired) electrons. The number of carbonyl (C=O) groups excluding carboxylic acids is 4. The Morgan fingerprint density at radius 2 is 0.242 bits per heavy atom. The largest absolute Gasteiger partial charge is 4.00 e. The van der Waals surface area contributed by atoms with Gasteiger partial charge in [0.15, 0.2) is 0 Å². The van der Waals surface area contributed by atoms with Crippen LogP contribution in [0.15, 0.2) is 0 Å². The smallest absolute Gasteiger partial charge is 0.769 e. The Balaban J connectivity index is -0.00000000626. The third kappa shape index (κ3) is 1120. The minimum absolute atomic E-state index is 0. The number of carboxylic acid groups (broad SMARTS) is 4. The Morgan fingerprint density at radius 1 is 0.226 bits per heavy atom. The molecular formula is C8H16Al5Cl16N4O24Zr5. The van der Waals surface area contributed by atoms with E-state index in [0.29, 0.717) is 0 Å². The van der Waals surface area contributed by atoms with Crippen molar-refractivity contribution in [2.75, 3.05) is 26.2 Å². The van der Waals surface area contributed by atoms with E-state index in [1.807, 2.05) is 0 Å². The van der Waals surface area contributed by atoms with Gasteiger partial charge in [0.05, 0.1) is 23.9 Å². The zero-order valence-corrected chi connectivity index (χ0v) is 58.5. The molecule has 0 aromatic heterocycles. The molecule has 0 spiro atoms. The maximum Gasteiger partial charge on any atom is 4.00 e. The van der Waals surface area contributed by atoms with E-state index >= 15 is 0 Å². The molecule has 62 heavy (non-hydrogen) atoms. The average Bonchev–Trinajstić information content (AvgIpc) is 3.29. The van der Waals surface area contributed by atoms with Crippen molar-refractivity contribution in [3.8, 4) is 0 Å². The summed E-state index contributed by atoms with van der Waals surface area (Å²) in [6.45, 7) is -1.56. The van der Waals surface area contributed by atoms with Gasteiger partial charge in [0.1, 0.15) is 0 Å². The number of hydrogen-bond acceptors (Lipinski definition) is 28. The number of nitrogens with two attached hydrogens (primary N) is 4. The first kappa shape index (κ1) is 207. The Hall–Kier alpha value is 8.80. The summed E-state index contributed by atoms with van der Waals surface area (Å²) >= 11 is 54.2. The van der Waals surface area contributed by atoms with Gasteiger partial charge >= 0.3 is 131 Å². The number of rotatable bonds is 4. The molecule has 0 amide bonds. The van der Waals surface area contributed by atoms with Crippen LogP contribution >= 0.6 is 190 Å². The van der Waals surface area contributed by atoms with Crippen molar-refractivity contribution in [3.05, 3.63) is 0 Å². The molecule has 54 heteroatoms. The number of carbonyl (C=O) groups is 4. The zero-order valence-electron chi connectivity index (χ0n) is 28.4. The molecule has 28 nitrogen and oxygen atoms in total. The Labute approximate surface area is 585 Å². The van der Waals surface area contributed by atoms with Gasteiger partial charge in [-0.1, -0.05) is 0 Å². The number of halogens is 16. The van der Waals surface area contributed by atoms with Crippen LogP contribution in [0.3, 0.4) is 0 Å². The number of hydrogen-bond donors (Lipinski definition) is 4. The van der Waals surface area contributed by atoms with Crippen LogP contribution < -0.4 is 118 Å². The van der Waals surface area contributed by atoms with Crippen LogP contribution in [-0.4, -0.2) is 137 Å². The molecule has 0 fully saturated rings. The first-order valence-corrected chi connectivity index (χ1v) is 12.1. The van der Waals surface area contributed by atoms with Gasteiger partial charge in [-0.05, 0) is 0 Å². The molecular weight excluding hydrogens is 1690 g/mol. The van der Waals surface area contributed by atoms with Crippen molar-refractivity contribution in [3.63, 3.8) is 0 Å². The van der Waals surface area contributed by atoms with Crippen LogP contribution in [0.5, 0.6) is 0 Å². The molecule has 0 atom stereocenters. The summed E-state index contributed by atoms with van der Waals surface area (Å²) in [4.78, 5) is 36.5. The molecule has 0 aliphatic heterocycles. The molecule has 359 valence electrons. The summed E-state index contributed by atoms with van der Waals surface area (Å²) in [6, 6.07) is 0. The molecule has 0 unspecified atom stereocenters. The van der Waals surface area contributed by atoms with E-state index in [9.17, 15) is 0 Å². The molecule has 0 bridgehead atoms. The zero-order chi connectivity index (χ0) is 49.1. The summed E-state index contributed by atoms with van der Waals surface area (Å²) < 4.78 is 124. The predicted molar refractivity (Wildman–Crippen MR) is 179 cm³/mol. The van der Waals surface area contributed by atoms with E-state index in [1.54, 1.807) is 0 Å². The Bertz CT molecular complexity index is 337. The topological polar surface area (TPSA) is 634 Å². The molecule has 0 aromatic carbocycles. The summed E-state index contributed by atoms with van der Waals surface area (Å²) in [7, 11) is 0. The van der Waals surface area contributed by atoms with Gasteiger partial charge in [-0.3, -0.25) is 0 Å². The standard InChI is InChI=1S/4C2H5NO2.5Al.16ClO.5Zr/c4*3-1-2(4)5;;;;;;16*1-2;;;;;/h4*1,3H2,(H,4,5);;;;;;;;;;;;;;;;;;;;;;;;;;/q;;;;;;;;;16*-1;5*+4/p-4. The molecule has 0 aliphatic carbocycles. The predicted octanol–water partition coefficient (Wildman–Crippen LogP) is -19.1. The number of carboxylic acids is 4. The van der Waals surface area contributed by atoms with E-state index in [-0.39, 0.29) is 244 Å². The minimum atomic E-state index is -1.22. The van der Waals surface area contributed by atoms with Crippen molar-refractivity contribution < 1.29 is 245 Å². The summed E-state index contributed by atoms with van der Waals surface area (Å²) in [5.74, 6) is -4.87. The monoisotopic (exact) mass is 1700 g/mol. The average molecular weight is 1710 g/mol. The molecule has 0 rings (SSSR count). The second-order valence-electron chi connectivity index (χ2n) is 2.30. The third-order valence-electron chi connectivity index (χ3n) is 0.667. The SMILES string of the molecule is NCC(=O)[O-].NCC(=O)[O-].NCC(=O)[O-].NCC(=O)[O-].[Al].[Al].[Al].[Al].[Al].[O-]Cl.[O-]Cl.[O-]Cl.[O-]Cl.[O-]Cl.[O-]Cl.[O-]Cl.[O-]Cl.[O-]Cl.[O-]Cl.[O-]Cl.[O-]Cl.[O-]Cl.[O-]Cl.[O-]Cl.[O-]Cl.[Zr+4].[Zr+4].[Zr+4].[Zr+4].[Zr+4]. The minimum Gasteiger partial charge on any atom is -0.769 e. The molecule has 0 aliphatic rings. The first-order chi connectivity index (χ1) is 25.1. The van der Waals surface area contributed by atoms with E-state index < -0.39 is 23.9 Å². The van der Waals surface area contributed by atoms with Crippen LogP contribution in [0, 0.1) is 0 Å². The van der Waals surface area contributed by atoms with E-state index in [4.69, 9.17) is 114 Å². The van der Waals surface area contributed by atoms with Gasteiger partial charge in [-0.25, -0.2) is 190 Å². The third-order valence-corrected chi connectivity index (χ3v) is 0.667. The molecule has 0 saturated heterocycles. The van der Waals surface area contributed by atoms with Crippen molar-refractivity contribution in [1.29, 1.82) is 0 Å². The Kier molecular flexibility index (Phi) is 1800. The van der Waals surface area contributed by atoms with Crippen LogP contribution in [0.1, 0.15) is 0 Å². The van der Waals surface area contributed by atoms with Gasteiger partial charge in [-0.2, -0.15) is 0 Å². The fraction of sp³-hybridized carbons (Fsp3) is 0.500. The van der Waals surface area contributed by atoms with Gasteiger partial charge in [0, 0.05) is 113 Å². The van der Waals surface area contributed by atoms with Gasteiger partial charge in [0.25, 0.3) is 0 Å². The second kappa shape index (κ2) is 537. The van der Waals surface area contributed by atoms with Gasteiger partial charge in [0.2, 0.25) is 0 Å². The van der Waals surface area contributed by atoms with Crippen molar-refractivity contribution in [2.45, 2.75) is 0 Å². The van der Waals surface area contributed by atoms with Crippen molar-refractivity contribution in [1.82, 2.24) is 0 Å². The van der Waals surface area contributed by atoms with Gasteiger partial charge < -0.3 is 137 Å². The normalized spacial score (nSPS) is 3.94. The van der Waals surface area contributed by atoms with Crippen LogP contribution in [-0.2, 0) is 150 Å². The van der Waals surface area contributed by atoms with E-state index in [2.05, 4.69) is 213 Å². The van der Waals surface area contributed by atoms with Crippen LogP contribution in [0.25, 0.3) is 0 Å². The summed E-state index contributed by atoms with van der Waals surface area (Å²) in [5.41, 5.74) is 18.0. The van der Waals surface area contributed by atoms with Crippen molar-refractivity contribution in [2.24, 2.45) is 22.9 Å². The second-order valence-corrected chi connectivity index (χ2v) is 2.30. The summed E-state index contributed by atoms with van der Waals surface area (Å²) in [5, 5.41) is 36.5.